The second-order valence-corrected chi connectivity index (χ2v) is 9.77. The molecular weight excluding hydrogens is 479 g/mol. The van der Waals surface area contributed by atoms with E-state index in [1.165, 1.54) is 23.5 Å². The lowest BCUT2D eigenvalue weighted by Gasteiger charge is -2.32. The van der Waals surface area contributed by atoms with Crippen LogP contribution in [-0.4, -0.2) is 45.9 Å². The SMILES string of the molecule is CC(C)N1CCc2nc3ccccc3c(C(=O)OCC(=O)Nc3nc(-c4ccc(F)cc4)cs3)c2C1. The highest BCUT2D eigenvalue weighted by atomic mass is 32.1. The van der Waals surface area contributed by atoms with Gasteiger partial charge in [-0.15, -0.1) is 11.3 Å². The Balaban J connectivity index is 1.31. The van der Waals surface area contributed by atoms with Crippen molar-refractivity contribution in [3.05, 3.63) is 76.5 Å². The quantitative estimate of drug-likeness (QED) is 0.370. The summed E-state index contributed by atoms with van der Waals surface area (Å²) >= 11 is 1.24. The number of thiazole rings is 1. The number of anilines is 1. The van der Waals surface area contributed by atoms with E-state index in [-0.39, 0.29) is 5.82 Å². The third kappa shape index (κ3) is 4.98. The molecule has 36 heavy (non-hydrogen) atoms. The summed E-state index contributed by atoms with van der Waals surface area (Å²) in [5, 5.41) is 5.53. The first-order valence-electron chi connectivity index (χ1n) is 11.7. The van der Waals surface area contributed by atoms with Crippen LogP contribution in [0, 0.1) is 5.82 Å². The van der Waals surface area contributed by atoms with Gasteiger partial charge < -0.3 is 4.74 Å². The number of halogens is 1. The monoisotopic (exact) mass is 504 g/mol. The molecular formula is C27H25FN4O3S. The number of nitrogens with zero attached hydrogens (tertiary/aromatic N) is 3. The fourth-order valence-electron chi connectivity index (χ4n) is 4.33. The van der Waals surface area contributed by atoms with Crippen molar-refractivity contribution in [2.75, 3.05) is 18.5 Å². The Morgan fingerprint density at radius 3 is 2.69 bits per heavy atom. The summed E-state index contributed by atoms with van der Waals surface area (Å²) in [7, 11) is 0. The number of benzene rings is 2. The van der Waals surface area contributed by atoms with Crippen LogP contribution in [0.1, 0.15) is 35.5 Å². The van der Waals surface area contributed by atoms with E-state index in [0.717, 1.165) is 40.7 Å². The molecule has 4 aromatic rings. The minimum atomic E-state index is -0.545. The number of amides is 1. The van der Waals surface area contributed by atoms with E-state index in [2.05, 4.69) is 29.0 Å². The molecule has 7 nitrogen and oxygen atoms in total. The predicted molar refractivity (Wildman–Crippen MR) is 137 cm³/mol. The normalized spacial score (nSPS) is 13.6. The minimum Gasteiger partial charge on any atom is -0.452 e. The molecule has 0 unspecified atom stereocenters. The van der Waals surface area contributed by atoms with Gasteiger partial charge in [-0.05, 0) is 44.2 Å². The van der Waals surface area contributed by atoms with Gasteiger partial charge in [0.1, 0.15) is 5.82 Å². The number of hydrogen-bond donors (Lipinski definition) is 1. The summed E-state index contributed by atoms with van der Waals surface area (Å²) in [6.45, 7) is 5.29. The first-order valence-corrected chi connectivity index (χ1v) is 12.6. The Hall–Kier alpha value is -3.69. The number of para-hydroxylation sites is 1. The van der Waals surface area contributed by atoms with Crippen LogP contribution in [0.2, 0.25) is 0 Å². The summed E-state index contributed by atoms with van der Waals surface area (Å²) < 4.78 is 18.6. The van der Waals surface area contributed by atoms with Crippen molar-refractivity contribution in [2.45, 2.75) is 32.9 Å². The molecule has 0 atom stereocenters. The number of pyridine rings is 1. The summed E-state index contributed by atoms with van der Waals surface area (Å²) in [4.78, 5) is 37.3. The maximum Gasteiger partial charge on any atom is 0.339 e. The molecule has 0 saturated heterocycles. The lowest BCUT2D eigenvalue weighted by atomic mass is 9.95. The largest absolute Gasteiger partial charge is 0.452 e. The number of carbonyl (C=O) groups is 2. The van der Waals surface area contributed by atoms with Crippen LogP contribution in [0.3, 0.4) is 0 Å². The molecule has 1 aliphatic heterocycles. The van der Waals surface area contributed by atoms with Crippen LogP contribution in [0.25, 0.3) is 22.2 Å². The van der Waals surface area contributed by atoms with Gasteiger partial charge in [-0.1, -0.05) is 18.2 Å². The van der Waals surface area contributed by atoms with Crippen LogP contribution in [0.5, 0.6) is 0 Å². The topological polar surface area (TPSA) is 84.4 Å². The molecule has 0 radical (unpaired) electrons. The molecule has 0 bridgehead atoms. The Labute approximate surface area is 211 Å². The van der Waals surface area contributed by atoms with Crippen LogP contribution in [0.4, 0.5) is 9.52 Å². The molecule has 1 aliphatic rings. The number of aromatic nitrogens is 2. The number of rotatable bonds is 6. The first-order chi connectivity index (χ1) is 17.4. The number of carbonyl (C=O) groups excluding carboxylic acids is 2. The zero-order chi connectivity index (χ0) is 25.2. The van der Waals surface area contributed by atoms with Crippen LogP contribution in [0.15, 0.2) is 53.9 Å². The van der Waals surface area contributed by atoms with E-state index in [0.29, 0.717) is 29.0 Å². The molecule has 0 saturated carbocycles. The van der Waals surface area contributed by atoms with Crippen molar-refractivity contribution in [3.8, 4) is 11.3 Å². The highest BCUT2D eigenvalue weighted by molar-refractivity contribution is 7.14. The average molecular weight is 505 g/mol. The number of nitrogens with one attached hydrogen (secondary N) is 1. The van der Waals surface area contributed by atoms with E-state index in [9.17, 15) is 14.0 Å². The van der Waals surface area contributed by atoms with Crippen molar-refractivity contribution < 1.29 is 18.7 Å². The zero-order valence-electron chi connectivity index (χ0n) is 20.0. The van der Waals surface area contributed by atoms with E-state index in [1.807, 2.05) is 24.3 Å². The average Bonchev–Trinajstić information content (AvgIpc) is 3.34. The Kier molecular flexibility index (Phi) is 6.75. The molecule has 1 N–H and O–H groups in total. The van der Waals surface area contributed by atoms with Gasteiger partial charge in [0, 0.05) is 53.1 Å². The second-order valence-electron chi connectivity index (χ2n) is 8.91. The Morgan fingerprint density at radius 2 is 1.92 bits per heavy atom. The molecule has 0 spiro atoms. The highest BCUT2D eigenvalue weighted by Crippen LogP contribution is 2.30. The van der Waals surface area contributed by atoms with E-state index < -0.39 is 18.5 Å². The number of fused-ring (bicyclic) bond motifs is 2. The van der Waals surface area contributed by atoms with Gasteiger partial charge in [0.05, 0.1) is 16.8 Å². The van der Waals surface area contributed by atoms with Gasteiger partial charge in [0.15, 0.2) is 11.7 Å². The third-order valence-corrected chi connectivity index (χ3v) is 6.99. The molecule has 5 rings (SSSR count). The summed E-state index contributed by atoms with van der Waals surface area (Å²) in [5.74, 6) is -1.36. The summed E-state index contributed by atoms with van der Waals surface area (Å²) in [5.41, 5.74) is 4.34. The molecule has 0 fully saturated rings. The van der Waals surface area contributed by atoms with Crippen molar-refractivity contribution in [3.63, 3.8) is 0 Å². The van der Waals surface area contributed by atoms with Gasteiger partial charge in [0.25, 0.3) is 5.91 Å². The molecule has 184 valence electrons. The molecule has 9 heteroatoms. The first kappa shape index (κ1) is 24.0. The fraction of sp³-hybridized carbons (Fsp3) is 0.259. The molecule has 3 heterocycles. The minimum absolute atomic E-state index is 0.329. The van der Waals surface area contributed by atoms with E-state index >= 15 is 0 Å². The maximum atomic E-state index is 13.3. The Bertz CT molecular complexity index is 1430. The second kappa shape index (κ2) is 10.1. The molecule has 1 amide bonds. The standard InChI is InChI=1S/C27H25FN4O3S/c1-16(2)32-12-11-22-20(13-32)25(19-5-3-4-6-21(19)29-22)26(34)35-14-24(33)31-27-30-23(15-36-27)17-7-9-18(28)10-8-17/h3-10,15-16H,11-14H2,1-2H3,(H,30,31,33). The highest BCUT2D eigenvalue weighted by Gasteiger charge is 2.28. The third-order valence-electron chi connectivity index (χ3n) is 6.24. The number of esters is 1. The van der Waals surface area contributed by atoms with Gasteiger partial charge in [-0.2, -0.15) is 0 Å². The fourth-order valence-corrected chi connectivity index (χ4v) is 5.06. The van der Waals surface area contributed by atoms with Crippen molar-refractivity contribution in [2.24, 2.45) is 0 Å². The zero-order valence-corrected chi connectivity index (χ0v) is 20.8. The van der Waals surface area contributed by atoms with Crippen LogP contribution < -0.4 is 5.32 Å². The van der Waals surface area contributed by atoms with Gasteiger partial charge in [0.2, 0.25) is 0 Å². The summed E-state index contributed by atoms with van der Waals surface area (Å²) in [6, 6.07) is 13.8. The van der Waals surface area contributed by atoms with Crippen LogP contribution >= 0.6 is 11.3 Å². The van der Waals surface area contributed by atoms with Crippen LogP contribution in [-0.2, 0) is 22.5 Å². The molecule has 0 aliphatic carbocycles. The van der Waals surface area contributed by atoms with E-state index in [1.54, 1.807) is 17.5 Å². The predicted octanol–water partition coefficient (Wildman–Crippen LogP) is 5.06. The lowest BCUT2D eigenvalue weighted by molar-refractivity contribution is -0.119. The van der Waals surface area contributed by atoms with Gasteiger partial charge in [-0.25, -0.2) is 14.2 Å². The van der Waals surface area contributed by atoms with Gasteiger partial charge in [-0.3, -0.25) is 20.0 Å². The lowest BCUT2D eigenvalue weighted by Crippen LogP contribution is -2.37. The van der Waals surface area contributed by atoms with Crippen molar-refractivity contribution in [1.82, 2.24) is 14.9 Å². The number of hydrogen-bond acceptors (Lipinski definition) is 7. The van der Waals surface area contributed by atoms with E-state index in [4.69, 9.17) is 9.72 Å². The smallest absolute Gasteiger partial charge is 0.339 e. The number of ether oxygens (including phenoxy) is 1. The van der Waals surface area contributed by atoms with Gasteiger partial charge >= 0.3 is 5.97 Å². The Morgan fingerprint density at radius 1 is 1.14 bits per heavy atom. The molecule has 2 aromatic heterocycles. The maximum absolute atomic E-state index is 13.3. The summed E-state index contributed by atoms with van der Waals surface area (Å²) in [6.07, 6.45) is 0.750. The van der Waals surface area contributed by atoms with Crippen molar-refractivity contribution in [1.29, 1.82) is 0 Å². The molecule has 2 aromatic carbocycles. The van der Waals surface area contributed by atoms with Crippen molar-refractivity contribution >= 4 is 39.2 Å².